The smallest absolute Gasteiger partial charge is 0.163 e. The molecule has 0 bridgehead atoms. The van der Waals surface area contributed by atoms with Crippen LogP contribution in [0.3, 0.4) is 0 Å². The Morgan fingerprint density at radius 3 is 2.15 bits per heavy atom. The highest BCUT2D eigenvalue weighted by Crippen LogP contribution is 2.36. The lowest BCUT2D eigenvalue weighted by atomic mass is 9.84. The number of carbonyl (C=O) groups excluding carboxylic acids is 1. The SMILES string of the molecule is COc1ccc(C(=O)CC(c2ccccc2)c2cc(C)ccc2OCc2ccccc2)cc1. The Morgan fingerprint density at radius 2 is 1.48 bits per heavy atom. The van der Waals surface area contributed by atoms with Gasteiger partial charge in [-0.25, -0.2) is 0 Å². The van der Waals surface area contributed by atoms with E-state index in [0.717, 1.165) is 33.8 Å². The van der Waals surface area contributed by atoms with Crippen LogP contribution in [0.15, 0.2) is 103 Å². The third-order valence-corrected chi connectivity index (χ3v) is 5.78. The predicted octanol–water partition coefficient (Wildman–Crippen LogP) is 6.99. The van der Waals surface area contributed by atoms with E-state index in [1.807, 2.05) is 66.7 Å². The summed E-state index contributed by atoms with van der Waals surface area (Å²) in [7, 11) is 1.62. The third kappa shape index (κ3) is 5.69. The standard InChI is InChI=1S/C30H28O3/c1-22-13-18-30(33-21-23-9-5-3-6-10-23)28(19-22)27(24-11-7-4-8-12-24)20-29(31)25-14-16-26(32-2)17-15-25/h3-19,27H,20-21H2,1-2H3. The van der Waals surface area contributed by atoms with E-state index in [-0.39, 0.29) is 11.7 Å². The van der Waals surface area contributed by atoms with Gasteiger partial charge in [0.15, 0.2) is 5.78 Å². The van der Waals surface area contributed by atoms with Crippen LogP contribution in [-0.2, 0) is 6.61 Å². The molecule has 0 N–H and O–H groups in total. The summed E-state index contributed by atoms with van der Waals surface area (Å²) in [6.45, 7) is 2.54. The molecule has 166 valence electrons. The maximum absolute atomic E-state index is 13.3. The van der Waals surface area contributed by atoms with Gasteiger partial charge in [0.1, 0.15) is 18.1 Å². The van der Waals surface area contributed by atoms with Gasteiger partial charge in [0, 0.05) is 23.5 Å². The van der Waals surface area contributed by atoms with E-state index in [9.17, 15) is 4.79 Å². The summed E-state index contributed by atoms with van der Waals surface area (Å²) >= 11 is 0. The van der Waals surface area contributed by atoms with Crippen molar-refractivity contribution < 1.29 is 14.3 Å². The number of aryl methyl sites for hydroxylation is 1. The second kappa shape index (κ2) is 10.6. The molecule has 4 aromatic carbocycles. The summed E-state index contributed by atoms with van der Waals surface area (Å²) in [5.74, 6) is 1.51. The molecule has 3 nitrogen and oxygen atoms in total. The average Bonchev–Trinajstić information content (AvgIpc) is 2.87. The Balaban J connectivity index is 1.67. The molecule has 3 heteroatoms. The lowest BCUT2D eigenvalue weighted by molar-refractivity contribution is 0.0977. The lowest BCUT2D eigenvalue weighted by Gasteiger charge is -2.22. The minimum atomic E-state index is -0.119. The monoisotopic (exact) mass is 436 g/mol. The van der Waals surface area contributed by atoms with Gasteiger partial charge in [0.2, 0.25) is 0 Å². The van der Waals surface area contributed by atoms with Crippen LogP contribution in [0, 0.1) is 6.92 Å². The first-order valence-corrected chi connectivity index (χ1v) is 11.1. The van der Waals surface area contributed by atoms with Gasteiger partial charge in [-0.15, -0.1) is 0 Å². The molecular weight excluding hydrogens is 408 g/mol. The molecule has 0 heterocycles. The van der Waals surface area contributed by atoms with Crippen molar-refractivity contribution in [3.05, 3.63) is 131 Å². The van der Waals surface area contributed by atoms with Crippen LogP contribution in [-0.4, -0.2) is 12.9 Å². The van der Waals surface area contributed by atoms with Crippen molar-refractivity contribution in [1.29, 1.82) is 0 Å². The maximum atomic E-state index is 13.3. The number of hydrogen-bond acceptors (Lipinski definition) is 3. The minimum Gasteiger partial charge on any atom is -0.497 e. The van der Waals surface area contributed by atoms with E-state index in [4.69, 9.17) is 9.47 Å². The van der Waals surface area contributed by atoms with Gasteiger partial charge < -0.3 is 9.47 Å². The number of rotatable bonds is 9. The Bertz CT molecular complexity index is 1180. The first-order valence-electron chi connectivity index (χ1n) is 11.1. The minimum absolute atomic E-state index is 0.0852. The zero-order valence-corrected chi connectivity index (χ0v) is 19.0. The van der Waals surface area contributed by atoms with Crippen LogP contribution in [0.1, 0.15) is 45.0 Å². The highest BCUT2D eigenvalue weighted by atomic mass is 16.5. The molecule has 33 heavy (non-hydrogen) atoms. The van der Waals surface area contributed by atoms with Crippen molar-refractivity contribution in [2.75, 3.05) is 7.11 Å². The molecule has 1 atom stereocenters. The van der Waals surface area contributed by atoms with Crippen LogP contribution in [0.2, 0.25) is 0 Å². The highest BCUT2D eigenvalue weighted by Gasteiger charge is 2.23. The summed E-state index contributed by atoms with van der Waals surface area (Å²) in [6.07, 6.45) is 0.349. The van der Waals surface area contributed by atoms with Gasteiger partial charge in [-0.2, -0.15) is 0 Å². The van der Waals surface area contributed by atoms with E-state index in [1.54, 1.807) is 7.11 Å². The van der Waals surface area contributed by atoms with Gasteiger partial charge >= 0.3 is 0 Å². The second-order valence-electron chi connectivity index (χ2n) is 8.13. The lowest BCUT2D eigenvalue weighted by Crippen LogP contribution is -2.11. The third-order valence-electron chi connectivity index (χ3n) is 5.78. The molecule has 0 saturated heterocycles. The number of Topliss-reactive ketones (excluding diaryl/α,β-unsaturated/α-hetero) is 1. The fraction of sp³-hybridized carbons (Fsp3) is 0.167. The largest absolute Gasteiger partial charge is 0.497 e. The van der Waals surface area contributed by atoms with Gasteiger partial charge in [0.25, 0.3) is 0 Å². The first kappa shape index (κ1) is 22.3. The number of ether oxygens (including phenoxy) is 2. The molecule has 4 rings (SSSR count). The molecular formula is C30H28O3. The van der Waals surface area contributed by atoms with Gasteiger partial charge in [-0.05, 0) is 48.4 Å². The van der Waals surface area contributed by atoms with E-state index < -0.39 is 0 Å². The number of methoxy groups -OCH3 is 1. The quantitative estimate of drug-likeness (QED) is 0.265. The van der Waals surface area contributed by atoms with Crippen LogP contribution in [0.5, 0.6) is 11.5 Å². The van der Waals surface area contributed by atoms with Crippen LogP contribution >= 0.6 is 0 Å². The van der Waals surface area contributed by atoms with Crippen molar-refractivity contribution in [2.45, 2.75) is 25.9 Å². The van der Waals surface area contributed by atoms with Gasteiger partial charge in [-0.3, -0.25) is 4.79 Å². The molecule has 0 aliphatic rings. The van der Waals surface area contributed by atoms with Crippen LogP contribution in [0.4, 0.5) is 0 Å². The van der Waals surface area contributed by atoms with Crippen molar-refractivity contribution in [3.8, 4) is 11.5 Å². The predicted molar refractivity (Wildman–Crippen MR) is 132 cm³/mol. The molecule has 0 saturated carbocycles. The summed E-state index contributed by atoms with van der Waals surface area (Å²) in [4.78, 5) is 13.3. The summed E-state index contributed by atoms with van der Waals surface area (Å²) in [5.41, 5.74) is 5.04. The van der Waals surface area contributed by atoms with Crippen LogP contribution in [0.25, 0.3) is 0 Å². The van der Waals surface area contributed by atoms with Crippen LogP contribution < -0.4 is 9.47 Å². The average molecular weight is 437 g/mol. The zero-order chi connectivity index (χ0) is 23.0. The van der Waals surface area contributed by atoms with E-state index in [2.05, 4.69) is 43.3 Å². The Kier molecular flexibility index (Phi) is 7.21. The number of benzene rings is 4. The molecule has 0 radical (unpaired) electrons. The summed E-state index contributed by atoms with van der Waals surface area (Å²) in [5, 5.41) is 0. The summed E-state index contributed by atoms with van der Waals surface area (Å²) < 4.78 is 11.5. The highest BCUT2D eigenvalue weighted by molar-refractivity contribution is 5.97. The molecule has 0 aromatic heterocycles. The molecule has 0 amide bonds. The van der Waals surface area contributed by atoms with E-state index in [0.29, 0.717) is 18.6 Å². The van der Waals surface area contributed by atoms with Crippen molar-refractivity contribution in [2.24, 2.45) is 0 Å². The normalized spacial score (nSPS) is 11.6. The molecule has 0 aliphatic carbocycles. The number of ketones is 1. The number of carbonyl (C=O) groups is 1. The molecule has 0 spiro atoms. The topological polar surface area (TPSA) is 35.5 Å². The Hall–Kier alpha value is -3.85. The number of hydrogen-bond donors (Lipinski definition) is 0. The molecule has 0 fully saturated rings. The van der Waals surface area contributed by atoms with E-state index >= 15 is 0 Å². The van der Waals surface area contributed by atoms with Crippen molar-refractivity contribution in [3.63, 3.8) is 0 Å². The van der Waals surface area contributed by atoms with Gasteiger partial charge in [0.05, 0.1) is 7.11 Å². The van der Waals surface area contributed by atoms with Crippen molar-refractivity contribution >= 4 is 5.78 Å². The maximum Gasteiger partial charge on any atom is 0.163 e. The fourth-order valence-electron chi connectivity index (χ4n) is 3.98. The Morgan fingerprint density at radius 1 is 0.818 bits per heavy atom. The molecule has 0 aliphatic heterocycles. The Labute approximate surface area is 195 Å². The second-order valence-corrected chi connectivity index (χ2v) is 8.13. The molecule has 1 unspecified atom stereocenters. The first-order chi connectivity index (χ1) is 16.1. The van der Waals surface area contributed by atoms with Gasteiger partial charge in [-0.1, -0.05) is 78.4 Å². The van der Waals surface area contributed by atoms with E-state index in [1.165, 1.54) is 0 Å². The fourth-order valence-corrected chi connectivity index (χ4v) is 3.98. The zero-order valence-electron chi connectivity index (χ0n) is 19.0. The molecule has 4 aromatic rings. The van der Waals surface area contributed by atoms with Crippen molar-refractivity contribution in [1.82, 2.24) is 0 Å². The summed E-state index contributed by atoms with van der Waals surface area (Å²) in [6, 6.07) is 33.8.